The van der Waals surface area contributed by atoms with Crippen LogP contribution in [0.2, 0.25) is 0 Å². The molecule has 0 spiro atoms. The Balaban J connectivity index is 1.95. The number of para-hydroxylation sites is 1. The van der Waals surface area contributed by atoms with Crippen molar-refractivity contribution in [1.29, 1.82) is 0 Å². The lowest BCUT2D eigenvalue weighted by Crippen LogP contribution is -1.93. The molecule has 1 rings (SSSR count). The van der Waals surface area contributed by atoms with Crippen molar-refractivity contribution in [3.63, 3.8) is 0 Å². The van der Waals surface area contributed by atoms with Crippen molar-refractivity contribution in [2.45, 2.75) is 206 Å². The molecule has 0 radical (unpaired) electrons. The highest BCUT2D eigenvalue weighted by Crippen LogP contribution is 2.26. The molecule has 0 atom stereocenters. The Kier molecular flexibility index (Phi) is 26.4. The first kappa shape index (κ1) is 36.0. The third kappa shape index (κ3) is 22.4. The third-order valence-electron chi connectivity index (χ3n) is 8.80. The largest absolute Gasteiger partial charge is 0.507 e. The van der Waals surface area contributed by atoms with E-state index in [-0.39, 0.29) is 0 Å². The molecule has 228 valence electrons. The molecule has 1 heteroatoms. The lowest BCUT2D eigenvalue weighted by molar-refractivity contribution is 0.456. The van der Waals surface area contributed by atoms with Gasteiger partial charge in [-0.25, -0.2) is 0 Å². The average Bonchev–Trinajstić information content (AvgIpc) is 2.95. The van der Waals surface area contributed by atoms with Gasteiger partial charge >= 0.3 is 0 Å². The van der Waals surface area contributed by atoms with Gasteiger partial charge in [0.25, 0.3) is 0 Å². The lowest BCUT2D eigenvalue weighted by atomic mass is 9.98. The van der Waals surface area contributed by atoms with Gasteiger partial charge in [-0.15, -0.1) is 0 Å². The summed E-state index contributed by atoms with van der Waals surface area (Å²) in [5.41, 5.74) is 2.36. The molecule has 1 N–H and O–H groups in total. The SMILES string of the molecule is CCCCCCCCCCCCCCCCc1cccc(CCCCCCCCCCCCCCCC)c1O. The Morgan fingerprint density at radius 2 is 0.590 bits per heavy atom. The van der Waals surface area contributed by atoms with Gasteiger partial charge < -0.3 is 5.11 Å². The predicted molar refractivity (Wildman–Crippen MR) is 176 cm³/mol. The Morgan fingerprint density at radius 3 is 0.846 bits per heavy atom. The van der Waals surface area contributed by atoms with E-state index in [0.717, 1.165) is 12.8 Å². The molecular weight excluding hydrogens is 472 g/mol. The summed E-state index contributed by atoms with van der Waals surface area (Å²) in [6.07, 6.45) is 41.2. The molecule has 0 unspecified atom stereocenters. The number of aryl methyl sites for hydroxylation is 2. The van der Waals surface area contributed by atoms with Gasteiger partial charge in [-0.1, -0.05) is 199 Å². The second kappa shape index (κ2) is 28.5. The van der Waals surface area contributed by atoms with Crippen LogP contribution in [-0.2, 0) is 12.8 Å². The maximum atomic E-state index is 10.8. The summed E-state index contributed by atoms with van der Waals surface area (Å²) in [5, 5.41) is 10.8. The Bertz CT molecular complexity index is 571. The van der Waals surface area contributed by atoms with E-state index in [9.17, 15) is 5.11 Å². The summed E-state index contributed by atoms with van der Waals surface area (Å²) in [4.78, 5) is 0. The molecule has 1 aromatic rings. The molecule has 0 amide bonds. The van der Waals surface area contributed by atoms with Crippen molar-refractivity contribution in [1.82, 2.24) is 0 Å². The van der Waals surface area contributed by atoms with Crippen LogP contribution in [0.5, 0.6) is 5.75 Å². The molecule has 0 aliphatic heterocycles. The number of hydrogen-bond acceptors (Lipinski definition) is 1. The number of unbranched alkanes of at least 4 members (excludes halogenated alkanes) is 26. The first-order valence-electron chi connectivity index (χ1n) is 18.1. The molecule has 1 nitrogen and oxygen atoms in total. The van der Waals surface area contributed by atoms with Gasteiger partial charge in [0.1, 0.15) is 5.75 Å². The molecule has 0 bridgehead atoms. The highest BCUT2D eigenvalue weighted by Gasteiger charge is 2.07. The van der Waals surface area contributed by atoms with E-state index < -0.39 is 0 Å². The summed E-state index contributed by atoms with van der Waals surface area (Å²) in [5.74, 6) is 0.599. The molecule has 39 heavy (non-hydrogen) atoms. The van der Waals surface area contributed by atoms with Crippen molar-refractivity contribution < 1.29 is 5.11 Å². The van der Waals surface area contributed by atoms with Gasteiger partial charge in [0.2, 0.25) is 0 Å². The molecular formula is C38H70O. The maximum absolute atomic E-state index is 10.8. The van der Waals surface area contributed by atoms with Crippen molar-refractivity contribution in [2.24, 2.45) is 0 Å². The zero-order chi connectivity index (χ0) is 28.1. The van der Waals surface area contributed by atoms with E-state index in [0.29, 0.717) is 5.75 Å². The predicted octanol–water partition coefficient (Wildman–Crippen LogP) is 13.4. The van der Waals surface area contributed by atoms with E-state index in [2.05, 4.69) is 32.0 Å². The average molecular weight is 543 g/mol. The van der Waals surface area contributed by atoms with Gasteiger partial charge in [0.15, 0.2) is 0 Å². The van der Waals surface area contributed by atoms with E-state index in [4.69, 9.17) is 0 Å². The van der Waals surface area contributed by atoms with Crippen LogP contribution in [0.4, 0.5) is 0 Å². The molecule has 0 aromatic heterocycles. The highest BCUT2D eigenvalue weighted by atomic mass is 16.3. The number of hydrogen-bond donors (Lipinski definition) is 1. The van der Waals surface area contributed by atoms with E-state index in [1.807, 2.05) is 0 Å². The minimum absolute atomic E-state index is 0.599. The Labute approximate surface area is 246 Å². The monoisotopic (exact) mass is 543 g/mol. The van der Waals surface area contributed by atoms with Crippen LogP contribution in [0, 0.1) is 0 Å². The summed E-state index contributed by atoms with van der Waals surface area (Å²) < 4.78 is 0. The van der Waals surface area contributed by atoms with Crippen molar-refractivity contribution in [2.75, 3.05) is 0 Å². The molecule has 0 saturated carbocycles. The quantitative estimate of drug-likeness (QED) is 0.0958. The fourth-order valence-electron chi connectivity index (χ4n) is 6.07. The fourth-order valence-corrected chi connectivity index (χ4v) is 6.07. The molecule has 0 aliphatic carbocycles. The van der Waals surface area contributed by atoms with E-state index in [1.54, 1.807) is 0 Å². The molecule has 0 heterocycles. The molecule has 0 saturated heterocycles. The highest BCUT2D eigenvalue weighted by molar-refractivity contribution is 5.40. The minimum atomic E-state index is 0.599. The smallest absolute Gasteiger partial charge is 0.121 e. The summed E-state index contributed by atoms with van der Waals surface area (Å²) in [7, 11) is 0. The van der Waals surface area contributed by atoms with Crippen molar-refractivity contribution in [3.05, 3.63) is 29.3 Å². The van der Waals surface area contributed by atoms with Gasteiger partial charge in [-0.05, 0) is 36.8 Å². The molecule has 0 aliphatic rings. The zero-order valence-corrected chi connectivity index (χ0v) is 26.9. The zero-order valence-electron chi connectivity index (χ0n) is 26.9. The van der Waals surface area contributed by atoms with Crippen LogP contribution in [0.3, 0.4) is 0 Å². The first-order chi connectivity index (χ1) is 19.3. The lowest BCUT2D eigenvalue weighted by Gasteiger charge is -2.10. The maximum Gasteiger partial charge on any atom is 0.121 e. The fraction of sp³-hybridized carbons (Fsp3) is 0.842. The third-order valence-corrected chi connectivity index (χ3v) is 8.80. The van der Waals surface area contributed by atoms with E-state index >= 15 is 0 Å². The second-order valence-electron chi connectivity index (χ2n) is 12.6. The van der Waals surface area contributed by atoms with E-state index in [1.165, 1.54) is 191 Å². The van der Waals surface area contributed by atoms with Gasteiger partial charge in [0, 0.05) is 0 Å². The van der Waals surface area contributed by atoms with Crippen molar-refractivity contribution in [3.8, 4) is 5.75 Å². The number of phenolic OH excluding ortho intramolecular Hbond substituents is 1. The Hall–Kier alpha value is -0.980. The number of phenols is 1. The van der Waals surface area contributed by atoms with Crippen molar-refractivity contribution >= 4 is 0 Å². The van der Waals surface area contributed by atoms with Crippen LogP contribution >= 0.6 is 0 Å². The number of benzene rings is 1. The van der Waals surface area contributed by atoms with Crippen LogP contribution < -0.4 is 0 Å². The van der Waals surface area contributed by atoms with Crippen LogP contribution in [0.1, 0.15) is 205 Å². The number of rotatable bonds is 30. The first-order valence-corrected chi connectivity index (χ1v) is 18.1. The molecule has 0 fully saturated rings. The van der Waals surface area contributed by atoms with Gasteiger partial charge in [-0.2, -0.15) is 0 Å². The van der Waals surface area contributed by atoms with Crippen LogP contribution in [0.25, 0.3) is 0 Å². The summed E-state index contributed by atoms with van der Waals surface area (Å²) in [6, 6.07) is 6.45. The Morgan fingerprint density at radius 1 is 0.359 bits per heavy atom. The number of aromatic hydroxyl groups is 1. The molecule has 1 aromatic carbocycles. The second-order valence-corrected chi connectivity index (χ2v) is 12.6. The van der Waals surface area contributed by atoms with Gasteiger partial charge in [0.05, 0.1) is 0 Å². The van der Waals surface area contributed by atoms with Crippen LogP contribution in [-0.4, -0.2) is 5.11 Å². The van der Waals surface area contributed by atoms with Crippen LogP contribution in [0.15, 0.2) is 18.2 Å². The topological polar surface area (TPSA) is 20.2 Å². The normalized spacial score (nSPS) is 11.4. The summed E-state index contributed by atoms with van der Waals surface area (Å²) >= 11 is 0. The minimum Gasteiger partial charge on any atom is -0.507 e. The van der Waals surface area contributed by atoms with Gasteiger partial charge in [-0.3, -0.25) is 0 Å². The standard InChI is InChI=1S/C38H70O/c1-3-5-7-9-11-13-15-17-19-21-23-25-27-29-32-36-34-31-35-37(38(36)39)33-30-28-26-24-22-20-18-16-14-12-10-8-6-4-2/h31,34-35,39H,3-30,32-33H2,1-2H3. The summed E-state index contributed by atoms with van der Waals surface area (Å²) in [6.45, 7) is 4.59.